The van der Waals surface area contributed by atoms with E-state index in [0.717, 1.165) is 22.0 Å². The van der Waals surface area contributed by atoms with Crippen LogP contribution in [0.3, 0.4) is 0 Å². The van der Waals surface area contributed by atoms with Crippen LogP contribution in [0.5, 0.6) is 0 Å². The lowest BCUT2D eigenvalue weighted by molar-refractivity contribution is 0.845. The number of hydrogen-bond acceptors (Lipinski definition) is 2. The van der Waals surface area contributed by atoms with Crippen LogP contribution in [-0.4, -0.2) is 15.3 Å². The first-order valence-corrected chi connectivity index (χ1v) is 5.83. The molecule has 1 aliphatic rings. The Morgan fingerprint density at radius 1 is 1.12 bits per heavy atom. The molecule has 0 atom stereocenters. The van der Waals surface area contributed by atoms with Crippen LogP contribution >= 0.6 is 12.2 Å². The maximum absolute atomic E-state index is 5.20. The quantitative estimate of drug-likeness (QED) is 0.775. The van der Waals surface area contributed by atoms with Gasteiger partial charge in [0.1, 0.15) is 10.7 Å². The molecule has 0 saturated carbocycles. The fourth-order valence-electron chi connectivity index (χ4n) is 1.94. The molecule has 0 radical (unpaired) electrons. The molecule has 0 saturated heterocycles. The van der Waals surface area contributed by atoms with Gasteiger partial charge in [0, 0.05) is 11.8 Å². The van der Waals surface area contributed by atoms with Crippen LogP contribution in [0.4, 0.5) is 0 Å². The second-order valence-corrected chi connectivity index (χ2v) is 4.38. The lowest BCUT2D eigenvalue weighted by Crippen LogP contribution is -2.18. The fourth-order valence-corrected chi connectivity index (χ4v) is 2.13. The zero-order chi connectivity index (χ0) is 11.7. The van der Waals surface area contributed by atoms with E-state index in [-0.39, 0.29) is 0 Å². The Balaban J connectivity index is 2.14. The zero-order valence-electron chi connectivity index (χ0n) is 9.13. The number of benzene rings is 1. The van der Waals surface area contributed by atoms with Crippen molar-refractivity contribution in [1.82, 2.24) is 9.99 Å². The number of fused-ring (bicyclic) bond motifs is 1. The van der Waals surface area contributed by atoms with Gasteiger partial charge in [-0.15, -0.1) is 0 Å². The summed E-state index contributed by atoms with van der Waals surface area (Å²) in [5.74, 6) is 0. The maximum atomic E-state index is 5.20. The number of thiocarbonyl (C=S) groups is 1. The monoisotopic (exact) mass is 241 g/mol. The molecule has 1 aromatic heterocycles. The highest BCUT2D eigenvalue weighted by Crippen LogP contribution is 2.13. The summed E-state index contributed by atoms with van der Waals surface area (Å²) >= 11 is 5.20. The van der Waals surface area contributed by atoms with Gasteiger partial charge in [-0.25, -0.2) is 0 Å². The van der Waals surface area contributed by atoms with Crippen molar-refractivity contribution in [2.24, 2.45) is 5.10 Å². The van der Waals surface area contributed by atoms with Crippen molar-refractivity contribution >= 4 is 22.9 Å². The van der Waals surface area contributed by atoms with Crippen LogP contribution < -0.4 is 5.43 Å². The average molecular weight is 241 g/mol. The van der Waals surface area contributed by atoms with Crippen LogP contribution in [0, 0.1) is 0 Å². The van der Waals surface area contributed by atoms with E-state index in [0.29, 0.717) is 6.54 Å². The Morgan fingerprint density at radius 2 is 1.94 bits per heavy atom. The Hall–Kier alpha value is -1.94. The topological polar surface area (TPSA) is 29.3 Å². The Labute approximate surface area is 105 Å². The highest BCUT2D eigenvalue weighted by atomic mass is 32.1. The third-order valence-electron chi connectivity index (χ3n) is 2.73. The molecule has 1 N–H and O–H groups in total. The van der Waals surface area contributed by atoms with Crippen molar-refractivity contribution in [3.05, 3.63) is 59.9 Å². The molecule has 17 heavy (non-hydrogen) atoms. The summed E-state index contributed by atoms with van der Waals surface area (Å²) in [4.78, 5) is 0.730. The number of aromatic nitrogens is 1. The average Bonchev–Trinajstić information content (AvgIpc) is 2.73. The van der Waals surface area contributed by atoms with Crippen LogP contribution in [0.25, 0.3) is 0 Å². The molecule has 0 amide bonds. The first-order valence-electron chi connectivity index (χ1n) is 5.42. The van der Waals surface area contributed by atoms with Crippen molar-refractivity contribution in [1.29, 1.82) is 0 Å². The standard InChI is InChI=1S/C13H11N3S/c17-12-9-16-8-4-7-11(16)13(15-14-12)10-5-2-1-3-6-10/h1-8H,9H2,(H,14,17). The van der Waals surface area contributed by atoms with Gasteiger partial charge >= 0.3 is 0 Å². The van der Waals surface area contributed by atoms with Gasteiger partial charge in [0.25, 0.3) is 0 Å². The van der Waals surface area contributed by atoms with Crippen LogP contribution in [0.2, 0.25) is 0 Å². The van der Waals surface area contributed by atoms with Gasteiger partial charge in [-0.2, -0.15) is 5.10 Å². The van der Waals surface area contributed by atoms with Gasteiger partial charge in [-0.05, 0) is 12.1 Å². The molecule has 3 rings (SSSR count). The van der Waals surface area contributed by atoms with Gasteiger partial charge in [-0.3, -0.25) is 5.43 Å². The first kappa shape index (κ1) is 10.2. The third kappa shape index (κ3) is 1.87. The second kappa shape index (κ2) is 4.14. The minimum absolute atomic E-state index is 0.678. The van der Waals surface area contributed by atoms with Crippen molar-refractivity contribution in [3.63, 3.8) is 0 Å². The summed E-state index contributed by atoms with van der Waals surface area (Å²) in [5, 5.41) is 4.39. The predicted octanol–water partition coefficient (Wildman–Crippen LogP) is 2.17. The summed E-state index contributed by atoms with van der Waals surface area (Å²) in [5.41, 5.74) is 6.03. The van der Waals surface area contributed by atoms with Crippen molar-refractivity contribution in [3.8, 4) is 0 Å². The molecule has 1 aromatic carbocycles. The van der Waals surface area contributed by atoms with E-state index in [1.165, 1.54) is 0 Å². The minimum atomic E-state index is 0.678. The second-order valence-electron chi connectivity index (χ2n) is 3.88. The minimum Gasteiger partial charge on any atom is -0.339 e. The number of rotatable bonds is 1. The van der Waals surface area contributed by atoms with Crippen LogP contribution in [0.15, 0.2) is 53.8 Å². The smallest absolute Gasteiger partial charge is 0.116 e. The summed E-state index contributed by atoms with van der Waals surface area (Å²) < 4.78 is 2.11. The number of hydrogen-bond donors (Lipinski definition) is 1. The lowest BCUT2D eigenvalue weighted by atomic mass is 10.1. The summed E-state index contributed by atoms with van der Waals surface area (Å²) in [7, 11) is 0. The molecule has 0 fully saturated rings. The Morgan fingerprint density at radius 3 is 2.76 bits per heavy atom. The SMILES string of the molecule is S=C1Cn2cccc2C(c2ccccc2)=NN1. The number of nitrogens with one attached hydrogen (secondary N) is 1. The summed E-state index contributed by atoms with van der Waals surface area (Å²) in [6.07, 6.45) is 2.02. The molecule has 3 nitrogen and oxygen atoms in total. The number of hydrazone groups is 1. The molecular weight excluding hydrogens is 230 g/mol. The Bertz CT molecular complexity index is 584. The maximum Gasteiger partial charge on any atom is 0.116 e. The largest absolute Gasteiger partial charge is 0.339 e. The summed E-state index contributed by atoms with van der Waals surface area (Å²) in [6, 6.07) is 14.2. The predicted molar refractivity (Wildman–Crippen MR) is 72.2 cm³/mol. The van der Waals surface area contributed by atoms with Gasteiger partial charge in [0.15, 0.2) is 0 Å². The van der Waals surface area contributed by atoms with E-state index in [1.807, 2.05) is 42.6 Å². The molecule has 84 valence electrons. The van der Waals surface area contributed by atoms with E-state index >= 15 is 0 Å². The molecule has 0 spiro atoms. The normalized spacial score (nSPS) is 14.6. The van der Waals surface area contributed by atoms with Gasteiger partial charge < -0.3 is 4.57 Å². The third-order valence-corrected chi connectivity index (χ3v) is 2.95. The molecule has 1 aliphatic heterocycles. The van der Waals surface area contributed by atoms with Crippen molar-refractivity contribution < 1.29 is 0 Å². The first-order chi connectivity index (χ1) is 8.34. The lowest BCUT2D eigenvalue weighted by Gasteiger charge is -2.06. The molecule has 2 heterocycles. The van der Waals surface area contributed by atoms with Gasteiger partial charge in [-0.1, -0.05) is 42.5 Å². The fraction of sp³-hybridized carbons (Fsp3) is 0.0769. The van der Waals surface area contributed by atoms with Crippen molar-refractivity contribution in [2.45, 2.75) is 6.54 Å². The number of nitrogens with zero attached hydrogens (tertiary/aromatic N) is 2. The molecule has 4 heteroatoms. The van der Waals surface area contributed by atoms with E-state index in [9.17, 15) is 0 Å². The van der Waals surface area contributed by atoms with Crippen LogP contribution in [-0.2, 0) is 6.54 Å². The highest BCUT2D eigenvalue weighted by molar-refractivity contribution is 7.80. The van der Waals surface area contributed by atoms with E-state index in [2.05, 4.69) is 21.2 Å². The van der Waals surface area contributed by atoms with E-state index in [4.69, 9.17) is 12.2 Å². The van der Waals surface area contributed by atoms with E-state index in [1.54, 1.807) is 0 Å². The van der Waals surface area contributed by atoms with Gasteiger partial charge in [0.05, 0.1) is 12.2 Å². The zero-order valence-corrected chi connectivity index (χ0v) is 9.95. The van der Waals surface area contributed by atoms with Crippen LogP contribution in [0.1, 0.15) is 11.3 Å². The molecule has 0 aliphatic carbocycles. The highest BCUT2D eigenvalue weighted by Gasteiger charge is 2.15. The summed E-state index contributed by atoms with van der Waals surface area (Å²) in [6.45, 7) is 0.678. The molecule has 2 aromatic rings. The molecular formula is C13H11N3S. The molecule has 0 unspecified atom stereocenters. The molecule has 0 bridgehead atoms. The Kier molecular flexibility index (Phi) is 2.49. The van der Waals surface area contributed by atoms with E-state index < -0.39 is 0 Å². The van der Waals surface area contributed by atoms with Gasteiger partial charge in [0.2, 0.25) is 0 Å². The van der Waals surface area contributed by atoms with Crippen molar-refractivity contribution in [2.75, 3.05) is 0 Å².